The summed E-state index contributed by atoms with van der Waals surface area (Å²) in [5.74, 6) is -0.317. The number of aromatic nitrogens is 1. The smallest absolute Gasteiger partial charge is 0.254 e. The molecule has 2 amide bonds. The molecule has 1 aliphatic heterocycles. The van der Waals surface area contributed by atoms with Crippen molar-refractivity contribution in [3.05, 3.63) is 29.0 Å². The van der Waals surface area contributed by atoms with E-state index in [1.54, 1.807) is 6.07 Å². The van der Waals surface area contributed by atoms with Crippen LogP contribution in [0.4, 0.5) is 0 Å². The van der Waals surface area contributed by atoms with Crippen molar-refractivity contribution < 1.29 is 9.59 Å². The van der Waals surface area contributed by atoms with E-state index in [-0.39, 0.29) is 23.5 Å². The van der Waals surface area contributed by atoms with E-state index < -0.39 is 0 Å². The largest absolute Gasteiger partial charge is 0.354 e. The van der Waals surface area contributed by atoms with Gasteiger partial charge in [0.1, 0.15) is 5.15 Å². The predicted molar refractivity (Wildman–Crippen MR) is 62.8 cm³/mol. The summed E-state index contributed by atoms with van der Waals surface area (Å²) < 4.78 is 0. The molecule has 2 rings (SSSR count). The van der Waals surface area contributed by atoms with Gasteiger partial charge >= 0.3 is 0 Å². The van der Waals surface area contributed by atoms with Gasteiger partial charge in [-0.2, -0.15) is 0 Å². The van der Waals surface area contributed by atoms with Gasteiger partial charge in [0.2, 0.25) is 5.91 Å². The Labute approximate surface area is 104 Å². The van der Waals surface area contributed by atoms with Crippen LogP contribution in [0.5, 0.6) is 0 Å². The summed E-state index contributed by atoms with van der Waals surface area (Å²) in [5, 5.41) is 2.99. The number of rotatable bonds is 1. The highest BCUT2D eigenvalue weighted by Crippen LogP contribution is 2.10. The molecular weight excluding hydrogens is 242 g/mol. The van der Waals surface area contributed by atoms with E-state index in [4.69, 9.17) is 11.6 Å². The lowest BCUT2D eigenvalue weighted by Gasteiger charge is -2.18. The van der Waals surface area contributed by atoms with Crippen LogP contribution in [0, 0.1) is 0 Å². The van der Waals surface area contributed by atoms with E-state index in [0.29, 0.717) is 18.7 Å². The Morgan fingerprint density at radius 1 is 1.53 bits per heavy atom. The standard InChI is InChI=1S/C11H12ClN3O2/c12-9-6-8(2-4-13-9)11(17)15-5-1-3-14-10(16)7-15/h2,4,6H,1,3,5,7H2,(H,14,16). The second kappa shape index (κ2) is 5.14. The van der Waals surface area contributed by atoms with E-state index in [1.165, 1.54) is 17.2 Å². The predicted octanol–water partition coefficient (Wildman–Crippen LogP) is 0.697. The van der Waals surface area contributed by atoms with Crippen LogP contribution in [-0.2, 0) is 4.79 Å². The SMILES string of the molecule is O=C1CN(C(=O)c2ccnc(Cl)c2)CCCN1. The van der Waals surface area contributed by atoms with Crippen molar-refractivity contribution >= 4 is 23.4 Å². The first-order chi connectivity index (χ1) is 8.16. The van der Waals surface area contributed by atoms with Crippen molar-refractivity contribution in [2.45, 2.75) is 6.42 Å². The Kier molecular flexibility index (Phi) is 3.58. The zero-order valence-corrected chi connectivity index (χ0v) is 9.91. The normalized spacial score (nSPS) is 16.3. The molecule has 1 aromatic heterocycles. The summed E-state index contributed by atoms with van der Waals surface area (Å²) >= 11 is 5.73. The van der Waals surface area contributed by atoms with Crippen molar-refractivity contribution in [2.75, 3.05) is 19.6 Å². The maximum atomic E-state index is 12.1. The molecule has 0 aromatic carbocycles. The third kappa shape index (κ3) is 2.94. The van der Waals surface area contributed by atoms with E-state index in [1.807, 2.05) is 0 Å². The van der Waals surface area contributed by atoms with Gasteiger partial charge in [0.05, 0.1) is 6.54 Å². The molecule has 2 heterocycles. The number of hydrogen-bond acceptors (Lipinski definition) is 3. The summed E-state index contributed by atoms with van der Waals surface area (Å²) in [6.45, 7) is 1.27. The fraction of sp³-hybridized carbons (Fsp3) is 0.364. The molecule has 0 bridgehead atoms. The van der Waals surface area contributed by atoms with Gasteiger partial charge in [0.25, 0.3) is 5.91 Å². The minimum Gasteiger partial charge on any atom is -0.354 e. The number of carbonyl (C=O) groups is 2. The van der Waals surface area contributed by atoms with Crippen molar-refractivity contribution in [2.24, 2.45) is 0 Å². The second-order valence-electron chi connectivity index (χ2n) is 3.80. The fourth-order valence-corrected chi connectivity index (χ4v) is 1.87. The average molecular weight is 254 g/mol. The van der Waals surface area contributed by atoms with Gasteiger partial charge in [-0.15, -0.1) is 0 Å². The third-order valence-electron chi connectivity index (χ3n) is 2.52. The molecule has 0 radical (unpaired) electrons. The van der Waals surface area contributed by atoms with Gasteiger partial charge in [-0.3, -0.25) is 9.59 Å². The zero-order chi connectivity index (χ0) is 12.3. The summed E-state index contributed by atoms with van der Waals surface area (Å²) in [7, 11) is 0. The van der Waals surface area contributed by atoms with Crippen LogP contribution in [0.25, 0.3) is 0 Å². The van der Waals surface area contributed by atoms with Gasteiger partial charge in [0, 0.05) is 24.8 Å². The van der Waals surface area contributed by atoms with Crippen LogP contribution in [0.2, 0.25) is 5.15 Å². The molecule has 0 atom stereocenters. The highest BCUT2D eigenvalue weighted by atomic mass is 35.5. The van der Waals surface area contributed by atoms with Crippen LogP contribution in [0.15, 0.2) is 18.3 Å². The fourth-order valence-electron chi connectivity index (χ4n) is 1.70. The first-order valence-electron chi connectivity index (χ1n) is 5.34. The van der Waals surface area contributed by atoms with Crippen LogP contribution in [0.1, 0.15) is 16.8 Å². The van der Waals surface area contributed by atoms with Crippen molar-refractivity contribution in [1.82, 2.24) is 15.2 Å². The molecular formula is C11H12ClN3O2. The quantitative estimate of drug-likeness (QED) is 0.750. The Morgan fingerprint density at radius 2 is 2.35 bits per heavy atom. The van der Waals surface area contributed by atoms with Gasteiger partial charge in [-0.25, -0.2) is 4.98 Å². The lowest BCUT2D eigenvalue weighted by atomic mass is 10.2. The Hall–Kier alpha value is -1.62. The summed E-state index contributed by atoms with van der Waals surface area (Å²) in [6.07, 6.45) is 2.24. The monoisotopic (exact) mass is 253 g/mol. The van der Waals surface area contributed by atoms with E-state index in [2.05, 4.69) is 10.3 Å². The molecule has 6 heteroatoms. The van der Waals surface area contributed by atoms with Crippen molar-refractivity contribution in [3.8, 4) is 0 Å². The molecule has 0 saturated carbocycles. The molecule has 90 valence electrons. The number of carbonyl (C=O) groups excluding carboxylic acids is 2. The third-order valence-corrected chi connectivity index (χ3v) is 2.73. The lowest BCUT2D eigenvalue weighted by molar-refractivity contribution is -0.121. The number of halogens is 1. The van der Waals surface area contributed by atoms with Gasteiger partial charge < -0.3 is 10.2 Å². The molecule has 0 spiro atoms. The van der Waals surface area contributed by atoms with Gasteiger partial charge in [0.15, 0.2) is 0 Å². The minimum absolute atomic E-state index is 0.0960. The Balaban J connectivity index is 2.16. The Bertz CT molecular complexity index is 450. The van der Waals surface area contributed by atoms with Crippen LogP contribution in [-0.4, -0.2) is 41.3 Å². The van der Waals surface area contributed by atoms with Gasteiger partial charge in [-0.05, 0) is 18.6 Å². The summed E-state index contributed by atoms with van der Waals surface area (Å²) in [5.41, 5.74) is 0.458. The molecule has 17 heavy (non-hydrogen) atoms. The molecule has 1 aliphatic rings. The average Bonchev–Trinajstić information content (AvgIpc) is 2.53. The second-order valence-corrected chi connectivity index (χ2v) is 4.18. The Morgan fingerprint density at radius 3 is 3.12 bits per heavy atom. The van der Waals surface area contributed by atoms with Crippen LogP contribution < -0.4 is 5.32 Å². The van der Waals surface area contributed by atoms with E-state index in [9.17, 15) is 9.59 Å². The lowest BCUT2D eigenvalue weighted by Crippen LogP contribution is -2.37. The highest BCUT2D eigenvalue weighted by Gasteiger charge is 2.20. The van der Waals surface area contributed by atoms with Gasteiger partial charge in [-0.1, -0.05) is 11.6 Å². The number of nitrogens with zero attached hydrogens (tertiary/aromatic N) is 2. The van der Waals surface area contributed by atoms with E-state index >= 15 is 0 Å². The van der Waals surface area contributed by atoms with Crippen molar-refractivity contribution in [1.29, 1.82) is 0 Å². The molecule has 0 unspecified atom stereocenters. The number of nitrogens with one attached hydrogen (secondary N) is 1. The van der Waals surface area contributed by atoms with E-state index in [0.717, 1.165) is 6.42 Å². The molecule has 0 aliphatic carbocycles. The van der Waals surface area contributed by atoms with Crippen LogP contribution >= 0.6 is 11.6 Å². The van der Waals surface area contributed by atoms with Crippen LogP contribution in [0.3, 0.4) is 0 Å². The minimum atomic E-state index is -0.189. The molecule has 1 N–H and O–H groups in total. The number of amides is 2. The molecule has 1 fully saturated rings. The maximum Gasteiger partial charge on any atom is 0.254 e. The van der Waals surface area contributed by atoms with Crippen molar-refractivity contribution in [3.63, 3.8) is 0 Å². The number of pyridine rings is 1. The first kappa shape index (κ1) is 11.9. The summed E-state index contributed by atoms with van der Waals surface area (Å²) in [6, 6.07) is 3.10. The molecule has 1 aromatic rings. The topological polar surface area (TPSA) is 62.3 Å². The summed E-state index contributed by atoms with van der Waals surface area (Å²) in [4.78, 5) is 28.8. The molecule has 5 nitrogen and oxygen atoms in total. The molecule has 1 saturated heterocycles. The maximum absolute atomic E-state index is 12.1. The number of hydrogen-bond donors (Lipinski definition) is 1. The highest BCUT2D eigenvalue weighted by molar-refractivity contribution is 6.29. The zero-order valence-electron chi connectivity index (χ0n) is 9.15. The first-order valence-corrected chi connectivity index (χ1v) is 5.72.